The van der Waals surface area contributed by atoms with Gasteiger partial charge >= 0.3 is 0 Å². The lowest BCUT2D eigenvalue weighted by atomic mass is 9.77. The molecular formula is C30H35N7O4S. The molecule has 42 heavy (non-hydrogen) atoms. The van der Waals surface area contributed by atoms with E-state index in [2.05, 4.69) is 34.6 Å². The zero-order valence-electron chi connectivity index (χ0n) is 23.5. The van der Waals surface area contributed by atoms with E-state index >= 15 is 0 Å². The van der Waals surface area contributed by atoms with Crippen LogP contribution >= 0.6 is 0 Å². The zero-order valence-corrected chi connectivity index (χ0v) is 24.4. The maximum Gasteiger partial charge on any atom is 0.250 e. The van der Waals surface area contributed by atoms with Crippen molar-refractivity contribution in [1.29, 1.82) is 0 Å². The Morgan fingerprint density at radius 1 is 0.905 bits per heavy atom. The van der Waals surface area contributed by atoms with Crippen LogP contribution in [0.2, 0.25) is 0 Å². The van der Waals surface area contributed by atoms with E-state index in [-0.39, 0.29) is 22.5 Å². The number of hydrogen-bond donors (Lipinski definition) is 1. The molecule has 4 fully saturated rings. The third kappa shape index (κ3) is 4.60. The van der Waals surface area contributed by atoms with E-state index in [4.69, 9.17) is 4.42 Å². The lowest BCUT2D eigenvalue weighted by molar-refractivity contribution is -0.135. The van der Waals surface area contributed by atoms with Crippen molar-refractivity contribution < 1.29 is 17.6 Å². The van der Waals surface area contributed by atoms with E-state index < -0.39 is 10.0 Å². The van der Waals surface area contributed by atoms with Gasteiger partial charge in [-0.2, -0.15) is 0 Å². The number of nitrogens with one attached hydrogen (secondary N) is 1. The van der Waals surface area contributed by atoms with Crippen molar-refractivity contribution in [2.24, 2.45) is 11.3 Å². The fourth-order valence-electron chi connectivity index (χ4n) is 7.23. The van der Waals surface area contributed by atoms with Crippen molar-refractivity contribution in [3.05, 3.63) is 36.5 Å². The molecule has 9 rings (SSSR count). The summed E-state index contributed by atoms with van der Waals surface area (Å²) in [6.45, 7) is 4.76. The number of carbonyl (C=O) groups excluding carboxylic acids is 1. The van der Waals surface area contributed by atoms with Crippen LogP contribution in [-0.2, 0) is 14.8 Å². The molecule has 3 aromatic rings. The predicted octanol–water partition coefficient (Wildman–Crippen LogP) is 3.75. The van der Waals surface area contributed by atoms with E-state index in [1.165, 1.54) is 0 Å². The first-order chi connectivity index (χ1) is 20.4. The van der Waals surface area contributed by atoms with Gasteiger partial charge in [0.2, 0.25) is 27.7 Å². The molecule has 220 valence electrons. The van der Waals surface area contributed by atoms with Crippen molar-refractivity contribution in [3.8, 4) is 22.9 Å². The highest BCUT2D eigenvalue weighted by molar-refractivity contribution is 7.93. The number of rotatable bonds is 3. The van der Waals surface area contributed by atoms with Crippen LogP contribution in [0.5, 0.6) is 0 Å². The molecule has 1 aromatic carbocycles. The minimum atomic E-state index is -3.40. The van der Waals surface area contributed by atoms with Gasteiger partial charge < -0.3 is 19.1 Å². The van der Waals surface area contributed by atoms with Crippen LogP contribution in [0.1, 0.15) is 44.9 Å². The molecular weight excluding hydrogens is 554 g/mol. The topological polar surface area (TPSA) is 125 Å². The van der Waals surface area contributed by atoms with Gasteiger partial charge in [0.25, 0.3) is 0 Å². The Morgan fingerprint density at radius 3 is 2.50 bits per heavy atom. The van der Waals surface area contributed by atoms with E-state index in [0.717, 1.165) is 87.5 Å². The summed E-state index contributed by atoms with van der Waals surface area (Å²) in [6, 6.07) is 9.37. The fourth-order valence-corrected chi connectivity index (χ4v) is 8.61. The zero-order chi connectivity index (χ0) is 28.5. The summed E-state index contributed by atoms with van der Waals surface area (Å²) in [7, 11) is -3.40. The Morgan fingerprint density at radius 2 is 1.69 bits per heavy atom. The van der Waals surface area contributed by atoms with E-state index in [1.54, 1.807) is 12.3 Å². The van der Waals surface area contributed by atoms with Crippen molar-refractivity contribution in [3.63, 3.8) is 0 Å². The predicted molar refractivity (Wildman–Crippen MR) is 159 cm³/mol. The largest absolute Gasteiger partial charge is 0.416 e. The van der Waals surface area contributed by atoms with Crippen molar-refractivity contribution >= 4 is 33.1 Å². The molecule has 1 amide bonds. The number of sulfonamides is 1. The molecule has 1 unspecified atom stereocenters. The number of aromatic nitrogens is 3. The Hall–Kier alpha value is -3.67. The molecule has 6 aliphatic rings. The van der Waals surface area contributed by atoms with Gasteiger partial charge in [-0.05, 0) is 80.7 Å². The summed E-state index contributed by atoms with van der Waals surface area (Å²) >= 11 is 0. The number of piperidine rings is 2. The van der Waals surface area contributed by atoms with Crippen LogP contribution in [0.3, 0.4) is 0 Å². The molecule has 1 N–H and O–H groups in total. The average molecular weight is 590 g/mol. The third-order valence-corrected chi connectivity index (χ3v) is 11.7. The molecule has 3 saturated heterocycles. The smallest absolute Gasteiger partial charge is 0.250 e. The number of pyridine rings is 1. The normalized spacial score (nSPS) is 25.7. The van der Waals surface area contributed by atoms with Crippen LogP contribution in [0, 0.1) is 11.3 Å². The van der Waals surface area contributed by atoms with Crippen LogP contribution in [-0.4, -0.2) is 78.9 Å². The summed E-state index contributed by atoms with van der Waals surface area (Å²) < 4.78 is 34.5. The van der Waals surface area contributed by atoms with Gasteiger partial charge in [-0.15, -0.1) is 10.2 Å². The first-order valence-electron chi connectivity index (χ1n) is 15.1. The van der Waals surface area contributed by atoms with Gasteiger partial charge in [-0.3, -0.25) is 9.52 Å². The number of fused-ring (bicyclic) bond motifs is 2. The maximum absolute atomic E-state index is 13.7. The number of benzene rings is 1. The summed E-state index contributed by atoms with van der Waals surface area (Å²) in [5.74, 6) is 1.84. The summed E-state index contributed by atoms with van der Waals surface area (Å²) in [4.78, 5) is 25.0. The van der Waals surface area contributed by atoms with Gasteiger partial charge in [0.15, 0.2) is 0 Å². The van der Waals surface area contributed by atoms with Crippen molar-refractivity contribution in [1.82, 2.24) is 20.1 Å². The molecule has 0 radical (unpaired) electrons. The van der Waals surface area contributed by atoms with E-state index in [1.807, 2.05) is 24.3 Å². The molecule has 1 spiro atoms. The molecule has 11 nitrogen and oxygen atoms in total. The highest BCUT2D eigenvalue weighted by atomic mass is 32.2. The van der Waals surface area contributed by atoms with Crippen molar-refractivity contribution in [2.75, 3.05) is 53.8 Å². The van der Waals surface area contributed by atoms with Gasteiger partial charge in [-0.25, -0.2) is 13.4 Å². The molecule has 1 saturated carbocycles. The molecule has 12 heteroatoms. The molecule has 9 bridgehead atoms. The van der Waals surface area contributed by atoms with Gasteiger partial charge in [0, 0.05) is 51.0 Å². The second kappa shape index (κ2) is 9.68. The lowest BCUT2D eigenvalue weighted by Crippen LogP contribution is -2.46. The highest BCUT2D eigenvalue weighted by Crippen LogP contribution is 2.44. The number of anilines is 3. The Labute approximate surface area is 245 Å². The first kappa shape index (κ1) is 26.0. The Kier molecular flexibility index (Phi) is 5.99. The van der Waals surface area contributed by atoms with E-state index in [0.29, 0.717) is 36.9 Å². The minimum Gasteiger partial charge on any atom is -0.416 e. The van der Waals surface area contributed by atoms with Gasteiger partial charge in [0.05, 0.1) is 28.1 Å². The minimum absolute atomic E-state index is 0.0296. The number of nitrogens with zero attached hydrogens (tertiary/aromatic N) is 6. The third-order valence-electron chi connectivity index (χ3n) is 9.88. The standard InChI is InChI=1S/C30H35N7O4S/c38-29-21-2-1-12-36(18-21)26-16-20(7-11-31-26)27-32-33-28(41-27)24-6-3-22(34-42(39,40)23-4-5-23)17-25(24)35-13-8-30(9-14-35)10-15-37(29)19-30/h3,6-7,11,16-17,21,23,34H,1-2,4-5,8-10,12-15,18-19H2. The van der Waals surface area contributed by atoms with Crippen molar-refractivity contribution in [2.45, 2.75) is 50.2 Å². The fraction of sp³-hybridized carbons (Fsp3) is 0.533. The van der Waals surface area contributed by atoms with E-state index in [9.17, 15) is 13.2 Å². The number of amides is 1. The Bertz CT molecular complexity index is 1640. The summed E-state index contributed by atoms with van der Waals surface area (Å²) in [5.41, 5.74) is 3.08. The lowest BCUT2D eigenvalue weighted by Gasteiger charge is -2.41. The second-order valence-electron chi connectivity index (χ2n) is 12.7. The molecule has 2 aromatic heterocycles. The maximum atomic E-state index is 13.7. The number of carbonyl (C=O) groups is 1. The van der Waals surface area contributed by atoms with Crippen LogP contribution in [0.15, 0.2) is 40.9 Å². The average Bonchev–Trinajstić information content (AvgIpc) is 3.64. The van der Waals surface area contributed by atoms with Gasteiger partial charge in [-0.1, -0.05) is 0 Å². The van der Waals surface area contributed by atoms with Gasteiger partial charge in [0.1, 0.15) is 5.82 Å². The molecule has 5 aliphatic heterocycles. The van der Waals surface area contributed by atoms with Crippen LogP contribution < -0.4 is 14.5 Å². The van der Waals surface area contributed by atoms with Crippen LogP contribution in [0.25, 0.3) is 22.9 Å². The molecule has 1 aliphatic carbocycles. The number of hydrogen-bond acceptors (Lipinski definition) is 9. The summed E-state index contributed by atoms with van der Waals surface area (Å²) in [5, 5.41) is 8.52. The highest BCUT2D eigenvalue weighted by Gasteiger charge is 2.44. The first-order valence-corrected chi connectivity index (χ1v) is 16.7. The Balaban J connectivity index is 1.20. The molecule has 1 atom stereocenters. The monoisotopic (exact) mass is 589 g/mol. The second-order valence-corrected chi connectivity index (χ2v) is 14.6. The van der Waals surface area contributed by atoms with Crippen LogP contribution in [0.4, 0.5) is 17.2 Å². The SMILES string of the molecule is O=C1C2CCCN(C2)c2cc(ccn2)-c2nnc(o2)-c2ccc(NS(=O)(=O)C3CC3)cc2N2CCC3(CCN1C3)CC2. The summed E-state index contributed by atoms with van der Waals surface area (Å²) in [6.07, 6.45) is 7.97. The molecule has 7 heterocycles. The quantitative estimate of drug-likeness (QED) is 0.486.